The highest BCUT2D eigenvalue weighted by molar-refractivity contribution is 5.95. The summed E-state index contributed by atoms with van der Waals surface area (Å²) in [6.07, 6.45) is 1.98. The summed E-state index contributed by atoms with van der Waals surface area (Å²) in [6, 6.07) is 22.8. The highest BCUT2D eigenvalue weighted by Gasteiger charge is 2.20. The van der Waals surface area contributed by atoms with E-state index in [0.717, 1.165) is 22.3 Å². The maximum atomic E-state index is 13.1. The van der Waals surface area contributed by atoms with Gasteiger partial charge in [0.05, 0.1) is 12.5 Å². The second-order valence-corrected chi connectivity index (χ2v) is 7.52. The highest BCUT2D eigenvalue weighted by atomic mass is 16.2. The van der Waals surface area contributed by atoms with Gasteiger partial charge in [0.1, 0.15) is 17.2 Å². The molecule has 2 heterocycles. The molecular weight excluding hydrogens is 388 g/mol. The number of hydrogen-bond donors (Lipinski definition) is 2. The number of fused-ring (bicyclic) bond motifs is 1. The number of aryl methyl sites for hydroxylation is 1. The summed E-state index contributed by atoms with van der Waals surface area (Å²) in [6.45, 7) is 3.46. The molecule has 0 saturated carbocycles. The number of amides is 2. The molecule has 4 aromatic rings. The number of pyridine rings is 1. The van der Waals surface area contributed by atoms with E-state index in [-0.39, 0.29) is 18.2 Å². The van der Waals surface area contributed by atoms with Crippen molar-refractivity contribution < 1.29 is 9.59 Å². The number of carbonyl (C=O) groups is 2. The molecule has 0 aliphatic heterocycles. The Bertz CT molecular complexity index is 1210. The monoisotopic (exact) mass is 412 g/mol. The maximum absolute atomic E-state index is 13.1. The minimum absolute atomic E-state index is 0.108. The predicted octanol–water partition coefficient (Wildman–Crippen LogP) is 4.52. The van der Waals surface area contributed by atoms with Gasteiger partial charge in [-0.05, 0) is 24.6 Å². The second kappa shape index (κ2) is 8.83. The largest absolute Gasteiger partial charge is 0.349 e. The normalized spacial score (nSPS) is 11.8. The molecule has 6 nitrogen and oxygen atoms in total. The molecule has 0 aliphatic rings. The van der Waals surface area contributed by atoms with Crippen LogP contribution in [0.15, 0.2) is 79.0 Å². The van der Waals surface area contributed by atoms with E-state index in [1.165, 1.54) is 6.92 Å². The summed E-state index contributed by atoms with van der Waals surface area (Å²) < 4.78 is 1.86. The molecule has 1 unspecified atom stereocenters. The number of anilines is 1. The quantitative estimate of drug-likeness (QED) is 0.489. The third-order valence-corrected chi connectivity index (χ3v) is 5.08. The van der Waals surface area contributed by atoms with Crippen molar-refractivity contribution in [2.75, 3.05) is 5.32 Å². The second-order valence-electron chi connectivity index (χ2n) is 7.52. The zero-order valence-electron chi connectivity index (χ0n) is 17.5. The first kappa shape index (κ1) is 20.3. The minimum Gasteiger partial charge on any atom is -0.349 e. The van der Waals surface area contributed by atoms with Crippen LogP contribution >= 0.6 is 0 Å². The van der Waals surface area contributed by atoms with E-state index in [2.05, 4.69) is 10.6 Å². The van der Waals surface area contributed by atoms with Gasteiger partial charge in [-0.1, -0.05) is 66.2 Å². The number of hydrogen-bond acceptors (Lipinski definition) is 3. The number of carbonyl (C=O) groups excluding carboxylic acids is 2. The van der Waals surface area contributed by atoms with Crippen molar-refractivity contribution in [2.45, 2.75) is 26.3 Å². The molecule has 0 radical (unpaired) electrons. The molecule has 2 aromatic carbocycles. The number of imidazole rings is 1. The lowest BCUT2D eigenvalue weighted by atomic mass is 10.0. The maximum Gasteiger partial charge on any atom is 0.227 e. The van der Waals surface area contributed by atoms with Crippen molar-refractivity contribution in [1.29, 1.82) is 0 Å². The molecule has 4 rings (SSSR count). The lowest BCUT2D eigenvalue weighted by Gasteiger charge is -2.18. The van der Waals surface area contributed by atoms with E-state index in [0.29, 0.717) is 11.5 Å². The van der Waals surface area contributed by atoms with Crippen LogP contribution in [0, 0.1) is 6.92 Å². The Morgan fingerprint density at radius 3 is 2.39 bits per heavy atom. The molecule has 156 valence electrons. The van der Waals surface area contributed by atoms with E-state index in [1.54, 1.807) is 0 Å². The van der Waals surface area contributed by atoms with E-state index in [1.807, 2.05) is 90.3 Å². The van der Waals surface area contributed by atoms with E-state index in [4.69, 9.17) is 4.98 Å². The van der Waals surface area contributed by atoms with Crippen molar-refractivity contribution >= 4 is 23.3 Å². The van der Waals surface area contributed by atoms with Crippen LogP contribution < -0.4 is 10.6 Å². The van der Waals surface area contributed by atoms with Crippen LogP contribution in [0.4, 0.5) is 5.82 Å². The van der Waals surface area contributed by atoms with Crippen molar-refractivity contribution in [3.05, 3.63) is 90.1 Å². The Kier molecular flexibility index (Phi) is 5.80. The molecule has 2 N–H and O–H groups in total. The van der Waals surface area contributed by atoms with Crippen LogP contribution in [-0.2, 0) is 9.59 Å². The summed E-state index contributed by atoms with van der Waals surface area (Å²) >= 11 is 0. The van der Waals surface area contributed by atoms with Crippen molar-refractivity contribution in [3.8, 4) is 11.3 Å². The van der Waals surface area contributed by atoms with Gasteiger partial charge < -0.3 is 10.6 Å². The average Bonchev–Trinajstić information content (AvgIpc) is 3.12. The minimum atomic E-state index is -0.419. The van der Waals surface area contributed by atoms with Gasteiger partial charge >= 0.3 is 0 Å². The standard InChI is InChI=1S/C25H24N4O2/c1-17-11-13-19(14-12-17)21(26-18(2)30)16-23(31)28-25-24(20-8-4-3-5-9-20)27-22-10-6-7-15-29(22)25/h3-15,21H,16H2,1-2H3,(H,26,30)(H,28,31). The molecule has 0 fully saturated rings. The zero-order chi connectivity index (χ0) is 21.8. The fraction of sp³-hybridized carbons (Fsp3) is 0.160. The number of aromatic nitrogens is 2. The third kappa shape index (κ3) is 4.64. The van der Waals surface area contributed by atoms with Crippen molar-refractivity contribution in [3.63, 3.8) is 0 Å². The van der Waals surface area contributed by atoms with Gasteiger partial charge in [0, 0.05) is 18.7 Å². The van der Waals surface area contributed by atoms with Crippen molar-refractivity contribution in [2.24, 2.45) is 0 Å². The first-order valence-corrected chi connectivity index (χ1v) is 10.2. The molecule has 0 spiro atoms. The lowest BCUT2D eigenvalue weighted by Crippen LogP contribution is -2.30. The van der Waals surface area contributed by atoms with Crippen LogP contribution in [-0.4, -0.2) is 21.2 Å². The fourth-order valence-corrected chi connectivity index (χ4v) is 3.58. The summed E-state index contributed by atoms with van der Waals surface area (Å²) in [5.41, 5.74) is 4.36. The van der Waals surface area contributed by atoms with E-state index < -0.39 is 6.04 Å². The molecule has 2 aromatic heterocycles. The lowest BCUT2D eigenvalue weighted by molar-refractivity contribution is -0.120. The Balaban J connectivity index is 1.64. The first-order valence-electron chi connectivity index (χ1n) is 10.2. The molecular formula is C25H24N4O2. The van der Waals surface area contributed by atoms with Crippen LogP contribution in [0.2, 0.25) is 0 Å². The van der Waals surface area contributed by atoms with E-state index >= 15 is 0 Å². The Morgan fingerprint density at radius 1 is 0.968 bits per heavy atom. The van der Waals surface area contributed by atoms with Crippen molar-refractivity contribution in [1.82, 2.24) is 14.7 Å². The van der Waals surface area contributed by atoms with Crippen LogP contribution in [0.1, 0.15) is 30.5 Å². The molecule has 1 atom stereocenters. The summed E-state index contributed by atoms with van der Waals surface area (Å²) in [4.78, 5) is 29.5. The van der Waals surface area contributed by atoms with Gasteiger partial charge in [-0.3, -0.25) is 14.0 Å². The molecule has 0 bridgehead atoms. The van der Waals surface area contributed by atoms with Crippen LogP contribution in [0.3, 0.4) is 0 Å². The Hall–Kier alpha value is -3.93. The number of benzene rings is 2. The fourth-order valence-electron chi connectivity index (χ4n) is 3.58. The van der Waals surface area contributed by atoms with Gasteiger partial charge in [-0.15, -0.1) is 0 Å². The topological polar surface area (TPSA) is 75.5 Å². The Morgan fingerprint density at radius 2 is 1.68 bits per heavy atom. The average molecular weight is 412 g/mol. The number of nitrogens with zero attached hydrogens (tertiary/aromatic N) is 2. The summed E-state index contributed by atoms with van der Waals surface area (Å²) in [5, 5.41) is 5.91. The molecule has 6 heteroatoms. The van der Waals surface area contributed by atoms with Crippen LogP contribution in [0.25, 0.3) is 16.9 Å². The number of rotatable bonds is 6. The van der Waals surface area contributed by atoms with Gasteiger partial charge in [0.2, 0.25) is 11.8 Å². The Labute approximate surface area is 180 Å². The zero-order valence-corrected chi connectivity index (χ0v) is 17.5. The SMILES string of the molecule is CC(=O)NC(CC(=O)Nc1c(-c2ccccc2)nc2ccccn12)c1ccc(C)cc1. The molecule has 0 saturated heterocycles. The smallest absolute Gasteiger partial charge is 0.227 e. The third-order valence-electron chi connectivity index (χ3n) is 5.08. The summed E-state index contributed by atoms with van der Waals surface area (Å²) in [5.74, 6) is 0.220. The van der Waals surface area contributed by atoms with Gasteiger partial charge in [-0.2, -0.15) is 0 Å². The predicted molar refractivity (Wildman–Crippen MR) is 122 cm³/mol. The molecule has 0 aliphatic carbocycles. The number of nitrogens with one attached hydrogen (secondary N) is 2. The first-order chi connectivity index (χ1) is 15.0. The molecule has 2 amide bonds. The van der Waals surface area contributed by atoms with Gasteiger partial charge in [0.15, 0.2) is 0 Å². The van der Waals surface area contributed by atoms with Gasteiger partial charge in [-0.25, -0.2) is 4.98 Å². The molecule has 31 heavy (non-hydrogen) atoms. The van der Waals surface area contributed by atoms with Gasteiger partial charge in [0.25, 0.3) is 0 Å². The van der Waals surface area contributed by atoms with Crippen LogP contribution in [0.5, 0.6) is 0 Å². The highest BCUT2D eigenvalue weighted by Crippen LogP contribution is 2.29. The summed E-state index contributed by atoms with van der Waals surface area (Å²) in [7, 11) is 0. The van der Waals surface area contributed by atoms with E-state index in [9.17, 15) is 9.59 Å².